The lowest BCUT2D eigenvalue weighted by atomic mass is 10.1. The predicted molar refractivity (Wildman–Crippen MR) is 108 cm³/mol. The first-order chi connectivity index (χ1) is 13.9. The van der Waals surface area contributed by atoms with E-state index in [0.717, 1.165) is 0 Å². The number of aryl methyl sites for hydroxylation is 1. The number of nitrogens with one attached hydrogen (secondary N) is 2. The van der Waals surface area contributed by atoms with E-state index in [-0.39, 0.29) is 29.1 Å². The number of carbonyl (C=O) groups excluding carboxylic acids is 1. The number of hydroxylamine groups is 1. The summed E-state index contributed by atoms with van der Waals surface area (Å²) in [6.45, 7) is 2.78. The molecule has 2 N–H and O–H groups in total. The number of anilines is 2. The van der Waals surface area contributed by atoms with Crippen molar-refractivity contribution in [2.24, 2.45) is 7.05 Å². The molecule has 2 aromatic carbocycles. The van der Waals surface area contributed by atoms with E-state index in [2.05, 4.69) is 31.7 Å². The van der Waals surface area contributed by atoms with E-state index in [9.17, 15) is 9.18 Å². The van der Waals surface area contributed by atoms with Crippen LogP contribution in [0.5, 0.6) is 0 Å². The molecule has 0 radical (unpaired) electrons. The van der Waals surface area contributed by atoms with Crippen LogP contribution in [0.15, 0.2) is 35.1 Å². The van der Waals surface area contributed by atoms with Crippen molar-refractivity contribution in [2.45, 2.75) is 6.92 Å². The highest BCUT2D eigenvalue weighted by Gasteiger charge is 2.22. The fourth-order valence-electron chi connectivity index (χ4n) is 2.67. The fourth-order valence-corrected chi connectivity index (χ4v) is 3.00. The SMILES string of the molecule is CCOCCONC(=O)c1cc2c(ncn2C)c(F)c1Nc1ccc(Br)cc1F. The number of carbonyl (C=O) groups is 1. The summed E-state index contributed by atoms with van der Waals surface area (Å²) in [6.07, 6.45) is 1.43. The molecule has 0 unspecified atom stereocenters. The Morgan fingerprint density at radius 3 is 2.79 bits per heavy atom. The van der Waals surface area contributed by atoms with Gasteiger partial charge in [0.15, 0.2) is 5.82 Å². The van der Waals surface area contributed by atoms with Crippen molar-refractivity contribution in [1.82, 2.24) is 15.0 Å². The molecule has 0 aliphatic rings. The summed E-state index contributed by atoms with van der Waals surface area (Å²) in [5.74, 6) is -2.08. The number of benzene rings is 2. The normalized spacial score (nSPS) is 11.1. The first kappa shape index (κ1) is 21.2. The van der Waals surface area contributed by atoms with Crippen molar-refractivity contribution in [3.8, 4) is 0 Å². The second kappa shape index (κ2) is 9.29. The van der Waals surface area contributed by atoms with Crippen LogP contribution in [-0.4, -0.2) is 35.3 Å². The van der Waals surface area contributed by atoms with Crippen LogP contribution in [0.3, 0.4) is 0 Å². The highest BCUT2D eigenvalue weighted by atomic mass is 79.9. The molecular formula is C19H19BrF2N4O3. The molecule has 7 nitrogen and oxygen atoms in total. The van der Waals surface area contributed by atoms with Gasteiger partial charge in [-0.25, -0.2) is 19.2 Å². The molecule has 10 heteroatoms. The molecule has 3 rings (SSSR count). The minimum absolute atomic E-state index is 0.00805. The smallest absolute Gasteiger partial charge is 0.277 e. The lowest BCUT2D eigenvalue weighted by Gasteiger charge is -2.15. The number of rotatable bonds is 8. The largest absolute Gasteiger partial charge is 0.379 e. The molecule has 1 heterocycles. The molecular weight excluding hydrogens is 450 g/mol. The average Bonchev–Trinajstić information content (AvgIpc) is 3.06. The van der Waals surface area contributed by atoms with E-state index in [1.54, 1.807) is 17.7 Å². The van der Waals surface area contributed by atoms with Gasteiger partial charge in [-0.15, -0.1) is 0 Å². The van der Waals surface area contributed by atoms with Crippen LogP contribution < -0.4 is 10.8 Å². The Bertz CT molecular complexity index is 1040. The van der Waals surface area contributed by atoms with Crippen LogP contribution in [0.25, 0.3) is 11.0 Å². The molecule has 0 atom stereocenters. The number of amides is 1. The summed E-state index contributed by atoms with van der Waals surface area (Å²) in [6, 6.07) is 5.73. The van der Waals surface area contributed by atoms with E-state index in [1.165, 1.54) is 24.5 Å². The number of ether oxygens (including phenoxy) is 1. The molecule has 0 bridgehead atoms. The third-order valence-corrected chi connectivity index (χ3v) is 4.59. The van der Waals surface area contributed by atoms with E-state index in [4.69, 9.17) is 9.57 Å². The summed E-state index contributed by atoms with van der Waals surface area (Å²) < 4.78 is 36.7. The predicted octanol–water partition coefficient (Wildman–Crippen LogP) is 4.06. The summed E-state index contributed by atoms with van der Waals surface area (Å²) in [4.78, 5) is 21.7. The minimum atomic E-state index is -0.773. The third-order valence-electron chi connectivity index (χ3n) is 4.09. The van der Waals surface area contributed by atoms with Gasteiger partial charge in [-0.3, -0.25) is 9.63 Å². The van der Waals surface area contributed by atoms with E-state index >= 15 is 4.39 Å². The maximum Gasteiger partial charge on any atom is 0.277 e. The number of imidazole rings is 1. The molecule has 154 valence electrons. The molecule has 29 heavy (non-hydrogen) atoms. The van der Waals surface area contributed by atoms with Gasteiger partial charge >= 0.3 is 0 Å². The molecule has 0 aliphatic carbocycles. The Morgan fingerprint density at radius 2 is 2.07 bits per heavy atom. The van der Waals surface area contributed by atoms with Gasteiger partial charge in [-0.2, -0.15) is 0 Å². The molecule has 1 amide bonds. The van der Waals surface area contributed by atoms with Crippen LogP contribution in [0.4, 0.5) is 20.2 Å². The minimum Gasteiger partial charge on any atom is -0.379 e. The third kappa shape index (κ3) is 4.72. The number of fused-ring (bicyclic) bond motifs is 1. The summed E-state index contributed by atoms with van der Waals surface area (Å²) in [5.41, 5.74) is 2.46. The topological polar surface area (TPSA) is 77.4 Å². The number of hydrogen-bond donors (Lipinski definition) is 2. The number of aromatic nitrogens is 2. The van der Waals surface area contributed by atoms with Gasteiger partial charge < -0.3 is 14.6 Å². The van der Waals surface area contributed by atoms with Crippen LogP contribution in [0.1, 0.15) is 17.3 Å². The van der Waals surface area contributed by atoms with E-state index < -0.39 is 17.5 Å². The number of halogens is 3. The molecule has 0 spiro atoms. The van der Waals surface area contributed by atoms with Gasteiger partial charge in [0.2, 0.25) is 0 Å². The molecule has 1 aromatic heterocycles. The monoisotopic (exact) mass is 468 g/mol. The quantitative estimate of drug-likeness (QED) is 0.385. The highest BCUT2D eigenvalue weighted by Crippen LogP contribution is 2.32. The molecule has 3 aromatic rings. The Hall–Kier alpha value is -2.56. The van der Waals surface area contributed by atoms with Crippen molar-refractivity contribution in [1.29, 1.82) is 0 Å². The fraction of sp³-hybridized carbons (Fsp3) is 0.263. The van der Waals surface area contributed by atoms with Gasteiger partial charge in [0.25, 0.3) is 5.91 Å². The zero-order valence-electron chi connectivity index (χ0n) is 15.8. The number of nitrogens with zero attached hydrogens (tertiary/aromatic N) is 2. The number of hydrogen-bond acceptors (Lipinski definition) is 5. The first-order valence-corrected chi connectivity index (χ1v) is 9.57. The molecule has 0 saturated carbocycles. The molecule has 0 aliphatic heterocycles. The summed E-state index contributed by atoms with van der Waals surface area (Å²) in [5, 5.41) is 2.67. The second-order valence-electron chi connectivity index (χ2n) is 6.06. The van der Waals surface area contributed by atoms with E-state index in [0.29, 0.717) is 23.2 Å². The highest BCUT2D eigenvalue weighted by molar-refractivity contribution is 9.10. The van der Waals surface area contributed by atoms with Crippen molar-refractivity contribution < 1.29 is 23.1 Å². The first-order valence-electron chi connectivity index (χ1n) is 8.77. The van der Waals surface area contributed by atoms with Gasteiger partial charge in [0.1, 0.15) is 11.3 Å². The zero-order valence-corrected chi connectivity index (χ0v) is 17.3. The van der Waals surface area contributed by atoms with Crippen molar-refractivity contribution in [3.63, 3.8) is 0 Å². The Morgan fingerprint density at radius 1 is 1.28 bits per heavy atom. The lowest BCUT2D eigenvalue weighted by molar-refractivity contribution is 0.00170. The van der Waals surface area contributed by atoms with Gasteiger partial charge in [0.05, 0.1) is 42.0 Å². The van der Waals surface area contributed by atoms with Crippen LogP contribution in [0.2, 0.25) is 0 Å². The standard InChI is InChI=1S/C19H19BrF2N4O3/c1-3-28-6-7-29-25-19(27)12-9-15-18(23-10-26(15)2)16(22)17(12)24-14-5-4-11(20)8-13(14)21/h4-5,8-10,24H,3,6-7H2,1-2H3,(H,25,27). The maximum atomic E-state index is 15.2. The Kier molecular flexibility index (Phi) is 6.78. The summed E-state index contributed by atoms with van der Waals surface area (Å²) in [7, 11) is 1.68. The molecule has 0 fully saturated rings. The van der Waals surface area contributed by atoms with Gasteiger partial charge in [-0.05, 0) is 31.2 Å². The van der Waals surface area contributed by atoms with Gasteiger partial charge in [0, 0.05) is 18.1 Å². The molecule has 0 saturated heterocycles. The van der Waals surface area contributed by atoms with Crippen LogP contribution >= 0.6 is 15.9 Å². The van der Waals surface area contributed by atoms with Crippen molar-refractivity contribution in [2.75, 3.05) is 25.1 Å². The maximum absolute atomic E-state index is 15.2. The summed E-state index contributed by atoms with van der Waals surface area (Å²) >= 11 is 3.17. The second-order valence-corrected chi connectivity index (χ2v) is 6.98. The van der Waals surface area contributed by atoms with Crippen LogP contribution in [0, 0.1) is 11.6 Å². The van der Waals surface area contributed by atoms with Crippen molar-refractivity contribution >= 4 is 44.2 Å². The average molecular weight is 469 g/mol. The van der Waals surface area contributed by atoms with Crippen LogP contribution in [-0.2, 0) is 16.6 Å². The Balaban J connectivity index is 1.96. The van der Waals surface area contributed by atoms with E-state index in [1.807, 2.05) is 6.92 Å². The van der Waals surface area contributed by atoms with Gasteiger partial charge in [-0.1, -0.05) is 15.9 Å². The Labute approximate surface area is 174 Å². The zero-order chi connectivity index (χ0) is 21.0. The van der Waals surface area contributed by atoms with Crippen molar-refractivity contribution in [3.05, 3.63) is 52.3 Å². The lowest BCUT2D eigenvalue weighted by Crippen LogP contribution is -2.26.